The molecule has 1 aliphatic carbocycles. The number of hydrogen-bond acceptors (Lipinski definition) is 0. The van der Waals surface area contributed by atoms with E-state index >= 15 is 0 Å². The summed E-state index contributed by atoms with van der Waals surface area (Å²) in [5.74, 6) is 4.80. The topological polar surface area (TPSA) is 0 Å². The summed E-state index contributed by atoms with van der Waals surface area (Å²) < 4.78 is 0. The van der Waals surface area contributed by atoms with Crippen molar-refractivity contribution in [3.63, 3.8) is 0 Å². The van der Waals surface area contributed by atoms with Crippen LogP contribution >= 0.6 is 0 Å². The van der Waals surface area contributed by atoms with E-state index in [1.54, 1.807) is 0 Å². The van der Waals surface area contributed by atoms with Crippen LogP contribution in [0.25, 0.3) is 0 Å². The van der Waals surface area contributed by atoms with Crippen molar-refractivity contribution in [3.05, 3.63) is 0 Å². The fourth-order valence-electron chi connectivity index (χ4n) is 2.81. The molecule has 0 saturated heterocycles. The average molecular weight is 182 g/mol. The molecule has 0 aromatic heterocycles. The first-order valence-electron chi connectivity index (χ1n) is 6.02. The molecule has 0 amide bonds. The van der Waals surface area contributed by atoms with E-state index in [0.717, 1.165) is 29.6 Å². The van der Waals surface area contributed by atoms with Crippen molar-refractivity contribution in [2.45, 2.75) is 53.9 Å². The Morgan fingerprint density at radius 3 is 1.92 bits per heavy atom. The lowest BCUT2D eigenvalue weighted by molar-refractivity contribution is 0.0733. The molecular formula is C13H26. The van der Waals surface area contributed by atoms with Crippen molar-refractivity contribution in [1.82, 2.24) is 0 Å². The van der Waals surface area contributed by atoms with Gasteiger partial charge in [0.05, 0.1) is 0 Å². The Bertz CT molecular complexity index is 146. The van der Waals surface area contributed by atoms with E-state index < -0.39 is 0 Å². The molecule has 0 nitrogen and oxygen atoms in total. The van der Waals surface area contributed by atoms with Crippen LogP contribution in [-0.4, -0.2) is 0 Å². The van der Waals surface area contributed by atoms with Crippen molar-refractivity contribution in [2.75, 3.05) is 0 Å². The third-order valence-corrected chi connectivity index (χ3v) is 3.84. The Labute approximate surface area is 84.1 Å². The minimum Gasteiger partial charge on any atom is -0.0628 e. The van der Waals surface area contributed by atoms with Gasteiger partial charge in [0.1, 0.15) is 0 Å². The minimum atomic E-state index is 0.875. The number of hydrogen-bond donors (Lipinski definition) is 0. The minimum absolute atomic E-state index is 0.875. The fraction of sp³-hybridized carbons (Fsp3) is 1.00. The molecule has 78 valence electrons. The standard InChI is InChI=1S/C13H26/c1-9(2)8-13(10(3)4)12-7-6-11(12)5/h9-13H,6-8H2,1-5H3. The molecule has 0 heterocycles. The highest BCUT2D eigenvalue weighted by molar-refractivity contribution is 4.85. The van der Waals surface area contributed by atoms with Gasteiger partial charge in [0.2, 0.25) is 0 Å². The van der Waals surface area contributed by atoms with Gasteiger partial charge in [0, 0.05) is 0 Å². The second-order valence-corrected chi connectivity index (χ2v) is 5.76. The molecule has 0 bridgehead atoms. The summed E-state index contributed by atoms with van der Waals surface area (Å²) >= 11 is 0. The van der Waals surface area contributed by atoms with E-state index in [4.69, 9.17) is 0 Å². The molecule has 3 unspecified atom stereocenters. The van der Waals surface area contributed by atoms with Crippen LogP contribution in [0.2, 0.25) is 0 Å². The molecule has 0 heteroatoms. The quantitative estimate of drug-likeness (QED) is 0.606. The van der Waals surface area contributed by atoms with Gasteiger partial charge in [-0.2, -0.15) is 0 Å². The Balaban J connectivity index is 2.47. The molecule has 0 spiro atoms. The summed E-state index contributed by atoms with van der Waals surface area (Å²) in [5.41, 5.74) is 0. The first-order valence-corrected chi connectivity index (χ1v) is 6.02. The van der Waals surface area contributed by atoms with E-state index in [-0.39, 0.29) is 0 Å². The monoisotopic (exact) mass is 182 g/mol. The van der Waals surface area contributed by atoms with Crippen LogP contribution in [-0.2, 0) is 0 Å². The zero-order chi connectivity index (χ0) is 10.0. The van der Waals surface area contributed by atoms with Crippen molar-refractivity contribution in [1.29, 1.82) is 0 Å². The summed E-state index contributed by atoms with van der Waals surface area (Å²) in [5, 5.41) is 0. The average Bonchev–Trinajstić information content (AvgIpc) is 1.99. The second-order valence-electron chi connectivity index (χ2n) is 5.76. The van der Waals surface area contributed by atoms with E-state index in [1.807, 2.05) is 0 Å². The molecule has 0 radical (unpaired) electrons. The smallest absolute Gasteiger partial charge is 0.0357 e. The van der Waals surface area contributed by atoms with E-state index in [9.17, 15) is 0 Å². The first kappa shape index (κ1) is 11.1. The summed E-state index contributed by atoms with van der Waals surface area (Å²) in [6.45, 7) is 12.0. The van der Waals surface area contributed by atoms with Gasteiger partial charge in [-0.25, -0.2) is 0 Å². The van der Waals surface area contributed by atoms with Gasteiger partial charge in [-0.15, -0.1) is 0 Å². The fourth-order valence-corrected chi connectivity index (χ4v) is 2.81. The highest BCUT2D eigenvalue weighted by Crippen LogP contribution is 2.44. The highest BCUT2D eigenvalue weighted by atomic mass is 14.4. The Morgan fingerprint density at radius 2 is 1.69 bits per heavy atom. The molecule has 1 aliphatic rings. The zero-order valence-electron chi connectivity index (χ0n) is 10.0. The van der Waals surface area contributed by atoms with Crippen LogP contribution in [0.4, 0.5) is 0 Å². The zero-order valence-corrected chi connectivity index (χ0v) is 10.0. The molecule has 3 atom stereocenters. The SMILES string of the molecule is CC(C)CC(C(C)C)C1CCC1C. The first-order chi connectivity index (χ1) is 6.02. The van der Waals surface area contributed by atoms with Gasteiger partial charge in [-0.1, -0.05) is 41.0 Å². The molecule has 13 heavy (non-hydrogen) atoms. The number of rotatable bonds is 4. The van der Waals surface area contributed by atoms with Crippen LogP contribution in [0.1, 0.15) is 53.9 Å². The maximum Gasteiger partial charge on any atom is -0.0357 e. The molecular weight excluding hydrogens is 156 g/mol. The van der Waals surface area contributed by atoms with E-state index in [2.05, 4.69) is 34.6 Å². The molecule has 1 rings (SSSR count). The van der Waals surface area contributed by atoms with Crippen LogP contribution in [0.3, 0.4) is 0 Å². The van der Waals surface area contributed by atoms with Crippen LogP contribution < -0.4 is 0 Å². The van der Waals surface area contributed by atoms with Crippen LogP contribution in [0.15, 0.2) is 0 Å². The molecule has 0 N–H and O–H groups in total. The largest absolute Gasteiger partial charge is 0.0628 e. The third-order valence-electron chi connectivity index (χ3n) is 3.84. The Kier molecular flexibility index (Phi) is 3.82. The maximum absolute atomic E-state index is 2.43. The van der Waals surface area contributed by atoms with Crippen LogP contribution in [0.5, 0.6) is 0 Å². The molecule has 0 aliphatic heterocycles. The highest BCUT2D eigenvalue weighted by Gasteiger charge is 2.35. The van der Waals surface area contributed by atoms with E-state index in [1.165, 1.54) is 19.3 Å². The van der Waals surface area contributed by atoms with Crippen molar-refractivity contribution < 1.29 is 0 Å². The van der Waals surface area contributed by atoms with Crippen LogP contribution in [0, 0.1) is 29.6 Å². The molecule has 0 aromatic carbocycles. The predicted octanol–water partition coefficient (Wildman–Crippen LogP) is 4.35. The van der Waals surface area contributed by atoms with Crippen molar-refractivity contribution in [3.8, 4) is 0 Å². The van der Waals surface area contributed by atoms with Gasteiger partial charge in [0.25, 0.3) is 0 Å². The normalized spacial score (nSPS) is 30.7. The van der Waals surface area contributed by atoms with Gasteiger partial charge in [-0.05, 0) is 42.4 Å². The summed E-state index contributed by atoms with van der Waals surface area (Å²) in [6.07, 6.45) is 4.41. The lowest BCUT2D eigenvalue weighted by Crippen LogP contribution is -2.34. The lowest BCUT2D eigenvalue weighted by atomic mass is 9.63. The van der Waals surface area contributed by atoms with Gasteiger partial charge in [-0.3, -0.25) is 0 Å². The summed E-state index contributed by atoms with van der Waals surface area (Å²) in [6, 6.07) is 0. The maximum atomic E-state index is 2.43. The summed E-state index contributed by atoms with van der Waals surface area (Å²) in [4.78, 5) is 0. The molecule has 1 fully saturated rings. The second kappa shape index (κ2) is 4.48. The molecule has 1 saturated carbocycles. The molecule has 0 aromatic rings. The van der Waals surface area contributed by atoms with Gasteiger partial charge in [0.15, 0.2) is 0 Å². The van der Waals surface area contributed by atoms with Gasteiger partial charge >= 0.3 is 0 Å². The summed E-state index contributed by atoms with van der Waals surface area (Å²) in [7, 11) is 0. The lowest BCUT2D eigenvalue weighted by Gasteiger charge is -2.43. The Morgan fingerprint density at radius 1 is 1.08 bits per heavy atom. The van der Waals surface area contributed by atoms with Crippen molar-refractivity contribution in [2.24, 2.45) is 29.6 Å². The third kappa shape index (κ3) is 2.72. The van der Waals surface area contributed by atoms with Gasteiger partial charge < -0.3 is 0 Å². The Hall–Kier alpha value is 0. The van der Waals surface area contributed by atoms with E-state index in [0.29, 0.717) is 0 Å². The van der Waals surface area contributed by atoms with Crippen molar-refractivity contribution >= 4 is 0 Å². The predicted molar refractivity (Wildman–Crippen MR) is 59.7 cm³/mol.